The van der Waals surface area contributed by atoms with Crippen molar-refractivity contribution < 1.29 is 24.2 Å². The molecule has 2 aromatic rings. The number of hydrazone groups is 1. The summed E-state index contributed by atoms with van der Waals surface area (Å²) in [6, 6.07) is 13.3. The smallest absolute Gasteiger partial charge is 0.335 e. The van der Waals surface area contributed by atoms with Gasteiger partial charge in [-0.25, -0.2) is 10.2 Å². The molecule has 2 amide bonds. The van der Waals surface area contributed by atoms with Gasteiger partial charge in [0.05, 0.1) is 11.8 Å². The number of carboxylic acids is 1. The van der Waals surface area contributed by atoms with Crippen molar-refractivity contribution in [2.24, 2.45) is 5.10 Å². The summed E-state index contributed by atoms with van der Waals surface area (Å²) >= 11 is 0. The third-order valence-electron chi connectivity index (χ3n) is 4.06. The third kappa shape index (κ3) is 7.10. The molecule has 152 valence electrons. The van der Waals surface area contributed by atoms with Crippen LogP contribution in [0.4, 0.5) is 0 Å². The number of carbonyl (C=O) groups excluding carboxylic acids is 2. The van der Waals surface area contributed by atoms with Crippen molar-refractivity contribution in [3.05, 3.63) is 65.2 Å². The van der Waals surface area contributed by atoms with Crippen LogP contribution in [-0.4, -0.2) is 35.1 Å². The maximum absolute atomic E-state index is 11.6. The summed E-state index contributed by atoms with van der Waals surface area (Å²) in [6.07, 6.45) is 2.15. The van der Waals surface area contributed by atoms with Crippen molar-refractivity contribution in [2.45, 2.75) is 32.9 Å². The lowest BCUT2D eigenvalue weighted by atomic mass is 10.1. The molecule has 8 nitrogen and oxygen atoms in total. The quantitative estimate of drug-likeness (QED) is 0.359. The van der Waals surface area contributed by atoms with Crippen molar-refractivity contribution in [1.29, 1.82) is 0 Å². The SMILES string of the molecule is CC[C@@H](C)NC(=O)C(=O)N/N=C\c1ccc(OCc2ccc(C(=O)O)cc2)cc1. The molecule has 1 atom stereocenters. The Kier molecular flexibility index (Phi) is 7.90. The van der Waals surface area contributed by atoms with Crippen LogP contribution in [0.25, 0.3) is 0 Å². The number of nitrogens with zero attached hydrogens (tertiary/aromatic N) is 1. The van der Waals surface area contributed by atoms with Crippen LogP contribution in [-0.2, 0) is 16.2 Å². The summed E-state index contributed by atoms with van der Waals surface area (Å²) in [4.78, 5) is 34.1. The fourth-order valence-electron chi connectivity index (χ4n) is 2.17. The van der Waals surface area contributed by atoms with E-state index in [9.17, 15) is 14.4 Å². The Bertz CT molecular complexity index is 876. The van der Waals surface area contributed by atoms with Crippen LogP contribution in [0.5, 0.6) is 5.75 Å². The van der Waals surface area contributed by atoms with Gasteiger partial charge in [0.25, 0.3) is 0 Å². The zero-order valence-corrected chi connectivity index (χ0v) is 16.2. The molecule has 3 N–H and O–H groups in total. The predicted octanol–water partition coefficient (Wildman–Crippen LogP) is 2.33. The average Bonchev–Trinajstić information content (AvgIpc) is 2.73. The number of benzene rings is 2. The minimum atomic E-state index is -0.970. The van der Waals surface area contributed by atoms with Gasteiger partial charge >= 0.3 is 17.8 Å². The normalized spacial score (nSPS) is 11.7. The van der Waals surface area contributed by atoms with Crippen LogP contribution >= 0.6 is 0 Å². The Morgan fingerprint density at radius 3 is 2.31 bits per heavy atom. The van der Waals surface area contributed by atoms with Crippen molar-refractivity contribution in [3.8, 4) is 5.75 Å². The Morgan fingerprint density at radius 2 is 1.72 bits per heavy atom. The van der Waals surface area contributed by atoms with Crippen molar-refractivity contribution in [3.63, 3.8) is 0 Å². The van der Waals surface area contributed by atoms with E-state index in [2.05, 4.69) is 15.8 Å². The number of nitrogens with one attached hydrogen (secondary N) is 2. The first-order valence-electron chi connectivity index (χ1n) is 9.08. The zero-order chi connectivity index (χ0) is 21.2. The minimum Gasteiger partial charge on any atom is -0.489 e. The maximum Gasteiger partial charge on any atom is 0.335 e. The fourth-order valence-corrected chi connectivity index (χ4v) is 2.17. The Labute approximate surface area is 168 Å². The lowest BCUT2D eigenvalue weighted by molar-refractivity contribution is -0.139. The fraction of sp³-hybridized carbons (Fsp3) is 0.238. The molecule has 0 spiro atoms. The van der Waals surface area contributed by atoms with E-state index in [0.29, 0.717) is 17.9 Å². The maximum atomic E-state index is 11.6. The molecule has 0 saturated heterocycles. The lowest BCUT2D eigenvalue weighted by Crippen LogP contribution is -2.41. The van der Waals surface area contributed by atoms with E-state index in [4.69, 9.17) is 9.84 Å². The Hall–Kier alpha value is -3.68. The number of ether oxygens (including phenoxy) is 1. The summed E-state index contributed by atoms with van der Waals surface area (Å²) in [5.74, 6) is -1.89. The highest BCUT2D eigenvalue weighted by molar-refractivity contribution is 6.35. The first kappa shape index (κ1) is 21.6. The molecule has 0 aliphatic rings. The first-order chi connectivity index (χ1) is 13.9. The molecule has 2 aromatic carbocycles. The van der Waals surface area contributed by atoms with E-state index in [1.54, 1.807) is 36.4 Å². The van der Waals surface area contributed by atoms with Crippen LogP contribution in [0.2, 0.25) is 0 Å². The highest BCUT2D eigenvalue weighted by Crippen LogP contribution is 2.14. The van der Waals surface area contributed by atoms with Gasteiger partial charge in [-0.3, -0.25) is 9.59 Å². The van der Waals surface area contributed by atoms with Gasteiger partial charge in [0, 0.05) is 6.04 Å². The van der Waals surface area contributed by atoms with Gasteiger partial charge in [0.2, 0.25) is 0 Å². The molecule has 0 aliphatic carbocycles. The van der Waals surface area contributed by atoms with Crippen LogP contribution in [0.15, 0.2) is 53.6 Å². The lowest BCUT2D eigenvalue weighted by Gasteiger charge is -2.09. The molecule has 29 heavy (non-hydrogen) atoms. The second-order valence-corrected chi connectivity index (χ2v) is 6.34. The predicted molar refractivity (Wildman–Crippen MR) is 108 cm³/mol. The van der Waals surface area contributed by atoms with Gasteiger partial charge in [0.1, 0.15) is 12.4 Å². The van der Waals surface area contributed by atoms with Crippen LogP contribution in [0.3, 0.4) is 0 Å². The summed E-state index contributed by atoms with van der Waals surface area (Å²) in [7, 11) is 0. The molecule has 0 bridgehead atoms. The largest absolute Gasteiger partial charge is 0.489 e. The molecule has 0 unspecified atom stereocenters. The second-order valence-electron chi connectivity index (χ2n) is 6.34. The van der Waals surface area contributed by atoms with Crippen LogP contribution in [0, 0.1) is 0 Å². The number of amides is 2. The summed E-state index contributed by atoms with van der Waals surface area (Å²) < 4.78 is 5.65. The van der Waals surface area contributed by atoms with E-state index < -0.39 is 17.8 Å². The highest BCUT2D eigenvalue weighted by Gasteiger charge is 2.14. The van der Waals surface area contributed by atoms with Gasteiger partial charge < -0.3 is 15.2 Å². The topological polar surface area (TPSA) is 117 Å². The molecular weight excluding hydrogens is 374 g/mol. The number of hydrogen-bond acceptors (Lipinski definition) is 5. The molecule has 2 rings (SSSR count). The Morgan fingerprint density at radius 1 is 1.07 bits per heavy atom. The second kappa shape index (κ2) is 10.6. The number of aromatic carboxylic acids is 1. The summed E-state index contributed by atoms with van der Waals surface area (Å²) in [6.45, 7) is 4.02. The molecule has 0 radical (unpaired) electrons. The van der Waals surface area contributed by atoms with E-state index in [1.807, 2.05) is 13.8 Å². The van der Waals surface area contributed by atoms with Gasteiger partial charge in [-0.05, 0) is 60.9 Å². The standard InChI is InChI=1S/C21H23N3O5/c1-3-14(2)23-19(25)20(26)24-22-12-15-6-10-18(11-7-15)29-13-16-4-8-17(9-5-16)21(27)28/h4-12,14H,3,13H2,1-2H3,(H,23,25)(H,24,26)(H,27,28)/b22-12-/t14-/m1/s1. The molecule has 0 aliphatic heterocycles. The van der Waals surface area contributed by atoms with Crippen LogP contribution < -0.4 is 15.5 Å². The zero-order valence-electron chi connectivity index (χ0n) is 16.2. The highest BCUT2D eigenvalue weighted by atomic mass is 16.5. The van der Waals surface area contributed by atoms with E-state index in [1.165, 1.54) is 18.3 Å². The van der Waals surface area contributed by atoms with Gasteiger partial charge in [-0.2, -0.15) is 5.10 Å². The van der Waals surface area contributed by atoms with Crippen LogP contribution in [0.1, 0.15) is 41.8 Å². The molecule has 0 fully saturated rings. The monoisotopic (exact) mass is 397 g/mol. The summed E-state index contributed by atoms with van der Waals surface area (Å²) in [5.41, 5.74) is 3.96. The minimum absolute atomic E-state index is 0.0834. The molecule has 0 heterocycles. The number of rotatable bonds is 8. The third-order valence-corrected chi connectivity index (χ3v) is 4.06. The van der Waals surface area contributed by atoms with Crippen molar-refractivity contribution in [2.75, 3.05) is 0 Å². The van der Waals surface area contributed by atoms with E-state index in [-0.39, 0.29) is 11.6 Å². The summed E-state index contributed by atoms with van der Waals surface area (Å²) in [5, 5.41) is 15.2. The number of carboxylic acid groups (broad SMARTS) is 1. The average molecular weight is 397 g/mol. The van der Waals surface area contributed by atoms with Gasteiger partial charge in [-0.1, -0.05) is 19.1 Å². The number of hydrogen-bond donors (Lipinski definition) is 3. The molecule has 0 saturated carbocycles. The van der Waals surface area contributed by atoms with Crippen molar-refractivity contribution >= 4 is 24.0 Å². The van der Waals surface area contributed by atoms with Gasteiger partial charge in [-0.15, -0.1) is 0 Å². The number of carbonyl (C=O) groups is 3. The first-order valence-corrected chi connectivity index (χ1v) is 9.08. The van der Waals surface area contributed by atoms with E-state index in [0.717, 1.165) is 12.0 Å². The van der Waals surface area contributed by atoms with Gasteiger partial charge in [0.15, 0.2) is 0 Å². The van der Waals surface area contributed by atoms with E-state index >= 15 is 0 Å². The Balaban J connectivity index is 1.82. The molecule has 8 heteroatoms. The molecule has 0 aromatic heterocycles. The van der Waals surface area contributed by atoms with Crippen molar-refractivity contribution in [1.82, 2.24) is 10.7 Å². The molecular formula is C21H23N3O5.